The molecule has 3 atom stereocenters. The molecule has 0 spiro atoms. The van der Waals surface area contributed by atoms with Crippen molar-refractivity contribution in [1.82, 2.24) is 0 Å². The maximum Gasteiger partial charge on any atom is 0.0940 e. The lowest BCUT2D eigenvalue weighted by atomic mass is 9.98. The second kappa shape index (κ2) is 19.4. The fourth-order valence-electron chi connectivity index (χ4n) is 4.17. The zero-order valence-electron chi connectivity index (χ0n) is 22.4. The molecule has 2 aliphatic rings. The Kier molecular flexibility index (Phi) is 18.3. The Morgan fingerprint density at radius 1 is 1.21 bits per heavy atom. The Balaban J connectivity index is 0.000000593. The van der Waals surface area contributed by atoms with Crippen LogP contribution < -0.4 is 17.2 Å². The van der Waals surface area contributed by atoms with E-state index in [0.29, 0.717) is 19.1 Å². The Labute approximate surface area is 209 Å². The Hall–Kier alpha value is -1.92. The second-order valence-corrected chi connectivity index (χ2v) is 8.74. The van der Waals surface area contributed by atoms with Gasteiger partial charge in [-0.1, -0.05) is 70.2 Å². The summed E-state index contributed by atoms with van der Waals surface area (Å²) in [5, 5.41) is 8.47. The van der Waals surface area contributed by atoms with Crippen molar-refractivity contribution in [3.63, 3.8) is 0 Å². The lowest BCUT2D eigenvalue weighted by molar-refractivity contribution is 0.127. The van der Waals surface area contributed by atoms with Crippen molar-refractivity contribution in [2.24, 2.45) is 29.0 Å². The van der Waals surface area contributed by atoms with Crippen LogP contribution in [-0.4, -0.2) is 31.1 Å². The molecular weight excluding hydrogens is 422 g/mol. The van der Waals surface area contributed by atoms with Gasteiger partial charge in [0.25, 0.3) is 0 Å². The monoisotopic (exact) mass is 473 g/mol. The van der Waals surface area contributed by atoms with Gasteiger partial charge in [-0.3, -0.25) is 0 Å². The molecular formula is C29H51N3O2. The first kappa shape index (κ1) is 32.1. The quantitative estimate of drug-likeness (QED) is 0.341. The molecule has 2 rings (SSSR count). The van der Waals surface area contributed by atoms with Gasteiger partial charge in [-0.25, -0.2) is 0 Å². The van der Waals surface area contributed by atoms with E-state index in [1.54, 1.807) is 0 Å². The maximum atomic E-state index is 8.47. The molecule has 2 aliphatic carbocycles. The standard InChI is InChI=1S/C17H25NO.C6H12N2.C6H14O/c1-5-9-15-13(7-3)16(10-6-2)17(11-19-12-18)14(15)8-4;7-5-3-1-2-4-6(5)8;1-3-4-6(2)5-7/h6-10,17H,2,5,11-12,18H2,1,3-4H3;3,6H,1-2,4,7-8H2;6-7H,3-5H2,1-2H3/b13-7-,14-8+,15-9?,16-10+;;/t;;6-/m..1/s1. The predicted molar refractivity (Wildman–Crippen MR) is 148 cm³/mol. The number of rotatable bonds is 8. The van der Waals surface area contributed by atoms with Crippen molar-refractivity contribution in [3.8, 4) is 0 Å². The van der Waals surface area contributed by atoms with Crippen LogP contribution in [0.15, 0.2) is 71.0 Å². The van der Waals surface area contributed by atoms with Crippen LogP contribution in [-0.2, 0) is 4.74 Å². The summed E-state index contributed by atoms with van der Waals surface area (Å²) in [5.41, 5.74) is 22.7. The van der Waals surface area contributed by atoms with Crippen LogP contribution in [0.1, 0.15) is 73.1 Å². The lowest BCUT2D eigenvalue weighted by Crippen LogP contribution is -2.29. The fourth-order valence-corrected chi connectivity index (χ4v) is 4.17. The van der Waals surface area contributed by atoms with Crippen molar-refractivity contribution in [3.05, 3.63) is 71.0 Å². The zero-order valence-corrected chi connectivity index (χ0v) is 22.4. The van der Waals surface area contributed by atoms with Gasteiger partial charge in [0.2, 0.25) is 0 Å². The molecule has 0 amide bonds. The summed E-state index contributed by atoms with van der Waals surface area (Å²) >= 11 is 0. The summed E-state index contributed by atoms with van der Waals surface area (Å²) in [5.74, 6) is 0.764. The fraction of sp³-hybridized carbons (Fsp3) is 0.586. The molecule has 2 unspecified atom stereocenters. The molecule has 0 aromatic heterocycles. The third kappa shape index (κ3) is 11.0. The highest BCUT2D eigenvalue weighted by atomic mass is 16.5. The molecule has 0 aromatic rings. The Morgan fingerprint density at radius 2 is 1.91 bits per heavy atom. The largest absolute Gasteiger partial charge is 0.401 e. The third-order valence-corrected chi connectivity index (χ3v) is 5.99. The van der Waals surface area contributed by atoms with Gasteiger partial charge in [0.05, 0.1) is 13.3 Å². The summed E-state index contributed by atoms with van der Waals surface area (Å²) < 4.78 is 5.45. The topological polar surface area (TPSA) is 108 Å². The van der Waals surface area contributed by atoms with Gasteiger partial charge in [0, 0.05) is 24.3 Å². The third-order valence-electron chi connectivity index (χ3n) is 5.99. The zero-order chi connectivity index (χ0) is 25.9. The van der Waals surface area contributed by atoms with Gasteiger partial charge in [-0.2, -0.15) is 0 Å². The molecule has 0 saturated heterocycles. The van der Waals surface area contributed by atoms with Crippen LogP contribution in [0.4, 0.5) is 0 Å². The molecule has 1 fully saturated rings. The first-order valence-corrected chi connectivity index (χ1v) is 12.8. The van der Waals surface area contributed by atoms with Gasteiger partial charge in [0.15, 0.2) is 0 Å². The van der Waals surface area contributed by atoms with E-state index in [9.17, 15) is 0 Å². The van der Waals surface area contributed by atoms with Crippen LogP contribution in [0, 0.1) is 11.8 Å². The van der Waals surface area contributed by atoms with E-state index in [1.807, 2.05) is 12.2 Å². The molecule has 5 nitrogen and oxygen atoms in total. The number of aliphatic hydroxyl groups is 1. The first-order valence-electron chi connectivity index (χ1n) is 12.8. The Bertz CT molecular complexity index is 732. The number of nitrogens with two attached hydrogens (primary N) is 3. The highest BCUT2D eigenvalue weighted by Gasteiger charge is 2.32. The lowest BCUT2D eigenvalue weighted by Gasteiger charge is -2.15. The number of ether oxygens (including phenoxy) is 1. The molecule has 5 heteroatoms. The normalized spacial score (nSPS) is 25.5. The average Bonchev–Trinajstić information content (AvgIpc) is 3.12. The minimum absolute atomic E-state index is 0.142. The predicted octanol–water partition coefficient (Wildman–Crippen LogP) is 5.65. The van der Waals surface area contributed by atoms with Crippen molar-refractivity contribution >= 4 is 0 Å². The van der Waals surface area contributed by atoms with Crippen molar-refractivity contribution in [2.45, 2.75) is 79.2 Å². The van der Waals surface area contributed by atoms with Crippen molar-refractivity contribution in [2.75, 3.05) is 19.9 Å². The molecule has 0 heterocycles. The SMILES string of the molecule is C=C/C=C1\C(=C/C)C(=CCC)/C(=C\C)C1COCN.CCC[C@@H](C)CO.NC1=CCCCC1N. The number of allylic oxidation sites excluding steroid dienone is 8. The van der Waals surface area contributed by atoms with E-state index in [2.05, 4.69) is 65.5 Å². The first-order chi connectivity index (χ1) is 16.4. The molecule has 194 valence electrons. The van der Waals surface area contributed by atoms with Crippen LogP contribution in [0.3, 0.4) is 0 Å². The summed E-state index contributed by atoms with van der Waals surface area (Å²) in [6.45, 7) is 15.6. The van der Waals surface area contributed by atoms with Gasteiger partial charge in [-0.15, -0.1) is 0 Å². The number of hydrogen-bond donors (Lipinski definition) is 4. The molecule has 0 aromatic carbocycles. The minimum atomic E-state index is 0.142. The summed E-state index contributed by atoms with van der Waals surface area (Å²) in [6.07, 6.45) is 19.3. The molecule has 7 N–H and O–H groups in total. The number of hydrogen-bond acceptors (Lipinski definition) is 5. The Morgan fingerprint density at radius 3 is 2.29 bits per heavy atom. The van der Waals surface area contributed by atoms with Crippen LogP contribution >= 0.6 is 0 Å². The van der Waals surface area contributed by atoms with E-state index in [0.717, 1.165) is 31.4 Å². The molecule has 0 aliphatic heterocycles. The maximum absolute atomic E-state index is 8.47. The van der Waals surface area contributed by atoms with Gasteiger partial charge >= 0.3 is 0 Å². The van der Waals surface area contributed by atoms with Gasteiger partial charge in [0.1, 0.15) is 0 Å². The van der Waals surface area contributed by atoms with Crippen LogP contribution in [0.25, 0.3) is 0 Å². The molecule has 34 heavy (non-hydrogen) atoms. The highest BCUT2D eigenvalue weighted by molar-refractivity contribution is 5.66. The molecule has 0 bridgehead atoms. The molecule has 1 saturated carbocycles. The van der Waals surface area contributed by atoms with E-state index in [-0.39, 0.29) is 18.7 Å². The summed E-state index contributed by atoms with van der Waals surface area (Å²) in [4.78, 5) is 0. The summed E-state index contributed by atoms with van der Waals surface area (Å²) in [6, 6.07) is 0.142. The minimum Gasteiger partial charge on any atom is -0.401 e. The van der Waals surface area contributed by atoms with Crippen molar-refractivity contribution in [1.29, 1.82) is 0 Å². The molecule has 0 radical (unpaired) electrons. The van der Waals surface area contributed by atoms with Gasteiger partial charge < -0.3 is 27.0 Å². The van der Waals surface area contributed by atoms with E-state index < -0.39 is 0 Å². The average molecular weight is 474 g/mol. The van der Waals surface area contributed by atoms with E-state index >= 15 is 0 Å². The highest BCUT2D eigenvalue weighted by Crippen LogP contribution is 2.45. The van der Waals surface area contributed by atoms with Crippen molar-refractivity contribution < 1.29 is 9.84 Å². The second-order valence-electron chi connectivity index (χ2n) is 8.74. The number of aliphatic hydroxyl groups excluding tert-OH is 1. The summed E-state index contributed by atoms with van der Waals surface area (Å²) in [7, 11) is 0. The van der Waals surface area contributed by atoms with E-state index in [4.69, 9.17) is 27.0 Å². The van der Waals surface area contributed by atoms with E-state index in [1.165, 1.54) is 35.1 Å². The van der Waals surface area contributed by atoms with Crippen LogP contribution in [0.2, 0.25) is 0 Å². The van der Waals surface area contributed by atoms with Gasteiger partial charge in [-0.05, 0) is 74.2 Å². The van der Waals surface area contributed by atoms with Crippen LogP contribution in [0.5, 0.6) is 0 Å². The smallest absolute Gasteiger partial charge is 0.0940 e.